The summed E-state index contributed by atoms with van der Waals surface area (Å²) in [6, 6.07) is 9.53. The highest BCUT2D eigenvalue weighted by Crippen LogP contribution is 2.47. The molecule has 188 valence electrons. The van der Waals surface area contributed by atoms with Crippen LogP contribution in [0.3, 0.4) is 0 Å². The minimum atomic E-state index is -0.398. The van der Waals surface area contributed by atoms with E-state index in [2.05, 4.69) is 30.5 Å². The van der Waals surface area contributed by atoms with Crippen molar-refractivity contribution in [3.8, 4) is 11.6 Å². The molecule has 5 heterocycles. The zero-order chi connectivity index (χ0) is 24.7. The van der Waals surface area contributed by atoms with Gasteiger partial charge in [0.25, 0.3) is 5.91 Å². The number of hydrogen-bond donors (Lipinski definition) is 3. The molecule has 0 aromatic carbocycles. The third kappa shape index (κ3) is 4.31. The van der Waals surface area contributed by atoms with Crippen molar-refractivity contribution in [2.75, 3.05) is 37.0 Å². The number of piperidine rings is 1. The van der Waals surface area contributed by atoms with Crippen LogP contribution >= 0.6 is 0 Å². The highest BCUT2D eigenvalue weighted by molar-refractivity contribution is 5.94. The first-order valence-corrected chi connectivity index (χ1v) is 12.4. The third-order valence-electron chi connectivity index (χ3n) is 7.75. The minimum absolute atomic E-state index is 0.00732. The van der Waals surface area contributed by atoms with Crippen molar-refractivity contribution in [1.82, 2.24) is 20.3 Å². The summed E-state index contributed by atoms with van der Waals surface area (Å²) in [7, 11) is 1.62. The lowest BCUT2D eigenvalue weighted by Crippen LogP contribution is -2.40. The number of amides is 1. The Hall–Kier alpha value is -3.50. The van der Waals surface area contributed by atoms with E-state index in [1.54, 1.807) is 7.11 Å². The van der Waals surface area contributed by atoms with Crippen molar-refractivity contribution in [1.29, 1.82) is 0 Å². The lowest BCUT2D eigenvalue weighted by atomic mass is 9.76. The first-order valence-electron chi connectivity index (χ1n) is 12.4. The van der Waals surface area contributed by atoms with E-state index in [0.29, 0.717) is 24.0 Å². The average Bonchev–Trinajstić information content (AvgIpc) is 3.21. The highest BCUT2D eigenvalue weighted by atomic mass is 16.5. The average molecular weight is 491 g/mol. The van der Waals surface area contributed by atoms with Gasteiger partial charge in [-0.1, -0.05) is 0 Å². The molecule has 3 aromatic rings. The molecule has 1 amide bonds. The van der Waals surface area contributed by atoms with Crippen LogP contribution in [0.5, 0.6) is 11.6 Å². The predicted octanol–water partition coefficient (Wildman–Crippen LogP) is 2.26. The fourth-order valence-electron chi connectivity index (χ4n) is 5.81. The molecular formula is C26H30N6O4. The number of aliphatic hydroxyl groups excluding tert-OH is 1. The second-order valence-corrected chi connectivity index (χ2v) is 9.99. The Bertz CT molecular complexity index is 1290. The van der Waals surface area contributed by atoms with Crippen LogP contribution in [0.1, 0.15) is 31.4 Å². The van der Waals surface area contributed by atoms with Gasteiger partial charge in [0.05, 0.1) is 30.1 Å². The number of ether oxygens (including phenoxy) is 2. The predicted molar refractivity (Wildman–Crippen MR) is 134 cm³/mol. The number of carbonyl (C=O) groups excluding carboxylic acids is 1. The summed E-state index contributed by atoms with van der Waals surface area (Å²) in [5.74, 6) is 1.42. The molecule has 3 N–H and O–H groups in total. The smallest absolute Gasteiger partial charge is 0.263 e. The van der Waals surface area contributed by atoms with Crippen molar-refractivity contribution in [3.63, 3.8) is 0 Å². The molecule has 6 rings (SSSR count). The summed E-state index contributed by atoms with van der Waals surface area (Å²) in [6.07, 6.45) is 5.18. The number of rotatable bonds is 5. The van der Waals surface area contributed by atoms with E-state index in [0.717, 1.165) is 61.2 Å². The normalized spacial score (nSPS) is 22.8. The van der Waals surface area contributed by atoms with Crippen LogP contribution in [0.4, 0.5) is 11.5 Å². The Labute approximate surface area is 209 Å². The standard InChI is InChI=1S/C26H30N6O4/c1-35-23-5-3-17-24(31-23)19(6-9-27-17)32-10-7-26(8-11-32)12-18(20(33)13-26)28-14-16-2-4-21-25(29-16)30-22(34)15-36-21/h2-6,9,18,20,28,33H,7-8,10-15H2,1H3,(H,29,30,34)/t18-,20+/m0/s1. The van der Waals surface area contributed by atoms with Crippen molar-refractivity contribution >= 4 is 28.4 Å². The Balaban J connectivity index is 1.10. The summed E-state index contributed by atoms with van der Waals surface area (Å²) >= 11 is 0. The van der Waals surface area contributed by atoms with Crippen LogP contribution in [0, 0.1) is 5.41 Å². The van der Waals surface area contributed by atoms with E-state index in [9.17, 15) is 9.90 Å². The van der Waals surface area contributed by atoms with E-state index >= 15 is 0 Å². The maximum atomic E-state index is 11.6. The Morgan fingerprint density at radius 3 is 2.89 bits per heavy atom. The zero-order valence-corrected chi connectivity index (χ0v) is 20.2. The van der Waals surface area contributed by atoms with Crippen LogP contribution in [-0.4, -0.2) is 64.9 Å². The number of anilines is 2. The molecule has 0 bridgehead atoms. The Kier molecular flexibility index (Phi) is 5.85. The summed E-state index contributed by atoms with van der Waals surface area (Å²) < 4.78 is 10.7. The lowest BCUT2D eigenvalue weighted by molar-refractivity contribution is -0.118. The SMILES string of the molecule is COc1ccc2nccc(N3CCC4(CC3)C[C@@H](O)[C@@H](NCc3ccc5c(n3)NC(=O)CO5)C4)c2n1. The lowest BCUT2D eigenvalue weighted by Gasteiger charge is -2.40. The van der Waals surface area contributed by atoms with Crippen molar-refractivity contribution in [2.45, 2.75) is 44.4 Å². The number of nitrogens with one attached hydrogen (secondary N) is 2. The van der Waals surface area contributed by atoms with Crippen LogP contribution in [0.2, 0.25) is 0 Å². The van der Waals surface area contributed by atoms with Gasteiger partial charge in [-0.05, 0) is 55.4 Å². The van der Waals surface area contributed by atoms with Crippen LogP contribution in [0.25, 0.3) is 11.0 Å². The van der Waals surface area contributed by atoms with Gasteiger partial charge in [0, 0.05) is 37.9 Å². The number of nitrogens with zero attached hydrogens (tertiary/aromatic N) is 4. The number of methoxy groups -OCH3 is 1. The molecule has 3 aromatic heterocycles. The third-order valence-corrected chi connectivity index (χ3v) is 7.75. The summed E-state index contributed by atoms with van der Waals surface area (Å²) in [6.45, 7) is 2.35. The molecule has 1 saturated carbocycles. The van der Waals surface area contributed by atoms with E-state index < -0.39 is 6.10 Å². The van der Waals surface area contributed by atoms with Gasteiger partial charge in [-0.3, -0.25) is 9.78 Å². The largest absolute Gasteiger partial charge is 0.481 e. The van der Waals surface area contributed by atoms with Gasteiger partial charge in [-0.15, -0.1) is 0 Å². The Morgan fingerprint density at radius 2 is 2.06 bits per heavy atom. The van der Waals surface area contributed by atoms with Gasteiger partial charge in [0.15, 0.2) is 18.2 Å². The summed E-state index contributed by atoms with van der Waals surface area (Å²) in [4.78, 5) is 27.6. The molecule has 2 fully saturated rings. The number of hydrogen-bond acceptors (Lipinski definition) is 9. The molecule has 0 unspecified atom stereocenters. The first-order chi connectivity index (χ1) is 17.5. The Morgan fingerprint density at radius 1 is 1.19 bits per heavy atom. The van der Waals surface area contributed by atoms with Crippen LogP contribution in [0.15, 0.2) is 36.5 Å². The summed E-state index contributed by atoms with van der Waals surface area (Å²) in [5.41, 5.74) is 3.72. The summed E-state index contributed by atoms with van der Waals surface area (Å²) in [5, 5.41) is 17.1. The number of fused-ring (bicyclic) bond motifs is 2. The molecule has 1 saturated heterocycles. The molecular weight excluding hydrogens is 460 g/mol. The topological polar surface area (TPSA) is 122 Å². The molecule has 36 heavy (non-hydrogen) atoms. The minimum Gasteiger partial charge on any atom is -0.481 e. The van der Waals surface area contributed by atoms with Crippen LogP contribution < -0.4 is 25.0 Å². The van der Waals surface area contributed by atoms with E-state index in [-0.39, 0.29) is 24.0 Å². The van der Waals surface area contributed by atoms with E-state index in [1.807, 2.05) is 36.5 Å². The first kappa shape index (κ1) is 22.9. The number of pyridine rings is 3. The zero-order valence-electron chi connectivity index (χ0n) is 20.2. The van der Waals surface area contributed by atoms with Crippen molar-refractivity contribution < 1.29 is 19.4 Å². The molecule has 10 heteroatoms. The second-order valence-electron chi connectivity index (χ2n) is 9.99. The molecule has 10 nitrogen and oxygen atoms in total. The van der Waals surface area contributed by atoms with Gasteiger partial charge in [-0.2, -0.15) is 0 Å². The number of carbonyl (C=O) groups is 1. The molecule has 0 radical (unpaired) electrons. The van der Waals surface area contributed by atoms with E-state index in [4.69, 9.17) is 9.47 Å². The van der Waals surface area contributed by atoms with Gasteiger partial charge in [0.2, 0.25) is 5.88 Å². The fraction of sp³-hybridized carbons (Fsp3) is 0.462. The quantitative estimate of drug-likeness (QED) is 0.494. The van der Waals surface area contributed by atoms with Crippen LogP contribution in [-0.2, 0) is 11.3 Å². The molecule has 2 atom stereocenters. The van der Waals surface area contributed by atoms with Gasteiger partial charge >= 0.3 is 0 Å². The highest BCUT2D eigenvalue weighted by Gasteiger charge is 2.46. The van der Waals surface area contributed by atoms with Gasteiger partial charge in [-0.25, -0.2) is 9.97 Å². The van der Waals surface area contributed by atoms with Crippen molar-refractivity contribution in [3.05, 3.63) is 42.2 Å². The number of aliphatic hydroxyl groups is 1. The van der Waals surface area contributed by atoms with E-state index in [1.165, 1.54) is 0 Å². The molecule has 3 aliphatic rings. The van der Waals surface area contributed by atoms with Gasteiger partial charge < -0.3 is 30.1 Å². The maximum Gasteiger partial charge on any atom is 0.263 e. The molecule has 2 aliphatic heterocycles. The fourth-order valence-corrected chi connectivity index (χ4v) is 5.81. The maximum absolute atomic E-state index is 11.6. The van der Waals surface area contributed by atoms with Gasteiger partial charge in [0.1, 0.15) is 5.52 Å². The second kappa shape index (κ2) is 9.18. The monoisotopic (exact) mass is 490 g/mol. The molecule has 1 spiro atoms. The number of aromatic nitrogens is 3. The van der Waals surface area contributed by atoms with Crippen molar-refractivity contribution in [2.24, 2.45) is 5.41 Å². The molecule has 1 aliphatic carbocycles.